The normalized spacial score (nSPS) is 18.8. The van der Waals surface area contributed by atoms with E-state index < -0.39 is 0 Å². The highest BCUT2D eigenvalue weighted by Crippen LogP contribution is 2.31. The Morgan fingerprint density at radius 2 is 2.37 bits per heavy atom. The van der Waals surface area contributed by atoms with Crippen LogP contribution in [-0.2, 0) is 9.53 Å². The van der Waals surface area contributed by atoms with E-state index in [4.69, 9.17) is 4.74 Å². The average molecular weight is 254 g/mol. The topological polar surface area (TPSA) is 55.0 Å². The summed E-state index contributed by atoms with van der Waals surface area (Å²) in [5, 5.41) is 8.43. The highest BCUT2D eigenvalue weighted by molar-refractivity contribution is 5.84. The summed E-state index contributed by atoms with van der Waals surface area (Å²) < 4.78 is 5.78. The zero-order chi connectivity index (χ0) is 13.1. The lowest BCUT2D eigenvalue weighted by molar-refractivity contribution is -0.103. The minimum Gasteiger partial charge on any atom is -0.372 e. The van der Waals surface area contributed by atoms with E-state index in [9.17, 15) is 4.79 Å². The fourth-order valence-electron chi connectivity index (χ4n) is 2.43. The Bertz CT molecular complexity index is 658. The van der Waals surface area contributed by atoms with E-state index in [0.717, 1.165) is 41.6 Å². The number of rotatable bonds is 1. The van der Waals surface area contributed by atoms with E-state index >= 15 is 0 Å². The van der Waals surface area contributed by atoms with E-state index in [2.05, 4.69) is 22.0 Å². The smallest absolute Gasteiger partial charge is 0.193 e. The number of ether oxygens (including phenoxy) is 1. The second-order valence-electron chi connectivity index (χ2n) is 4.61. The number of H-pyrrole nitrogens is 1. The molecule has 0 bridgehead atoms. The van der Waals surface area contributed by atoms with Gasteiger partial charge in [-0.2, -0.15) is 5.10 Å². The summed E-state index contributed by atoms with van der Waals surface area (Å²) >= 11 is 0. The van der Waals surface area contributed by atoms with E-state index in [-0.39, 0.29) is 6.10 Å². The standard InChI is InChI=1S/C15H14N2O2/c18-8-3-4-11-6-7-13-12(10-11)15(17-16-13)14-5-1-2-9-19-14/h6-8,10,14H,1-2,5,9H2,(H,16,17). The van der Waals surface area contributed by atoms with Crippen molar-refractivity contribution in [2.75, 3.05) is 6.61 Å². The third-order valence-corrected chi connectivity index (χ3v) is 3.35. The van der Waals surface area contributed by atoms with E-state index in [1.165, 1.54) is 6.42 Å². The van der Waals surface area contributed by atoms with Crippen LogP contribution in [-0.4, -0.2) is 23.1 Å². The third kappa shape index (κ3) is 2.38. The molecule has 19 heavy (non-hydrogen) atoms. The summed E-state index contributed by atoms with van der Waals surface area (Å²) in [5.41, 5.74) is 2.74. The maximum Gasteiger partial charge on any atom is 0.193 e. The molecule has 0 aliphatic carbocycles. The van der Waals surface area contributed by atoms with Gasteiger partial charge in [0, 0.05) is 17.6 Å². The largest absolute Gasteiger partial charge is 0.372 e. The molecule has 3 rings (SSSR count). The van der Waals surface area contributed by atoms with Crippen molar-refractivity contribution in [3.8, 4) is 11.8 Å². The fourth-order valence-corrected chi connectivity index (χ4v) is 2.43. The number of nitrogens with one attached hydrogen (secondary N) is 1. The number of aromatic nitrogens is 2. The number of carbonyl (C=O) groups excluding carboxylic acids is 1. The van der Waals surface area contributed by atoms with E-state index in [0.29, 0.717) is 6.29 Å². The molecule has 1 aliphatic heterocycles. The summed E-state index contributed by atoms with van der Waals surface area (Å²) in [7, 11) is 0. The van der Waals surface area contributed by atoms with Crippen LogP contribution in [0.25, 0.3) is 10.9 Å². The van der Waals surface area contributed by atoms with Crippen molar-refractivity contribution in [2.45, 2.75) is 25.4 Å². The minimum absolute atomic E-state index is 0.0665. The molecule has 2 aromatic rings. The first kappa shape index (κ1) is 11.9. The van der Waals surface area contributed by atoms with Crippen molar-refractivity contribution < 1.29 is 9.53 Å². The monoisotopic (exact) mass is 254 g/mol. The molecule has 0 spiro atoms. The molecule has 2 heterocycles. The molecule has 1 fully saturated rings. The van der Waals surface area contributed by atoms with Gasteiger partial charge in [0.15, 0.2) is 6.29 Å². The molecule has 0 saturated carbocycles. The number of benzene rings is 1. The van der Waals surface area contributed by atoms with Crippen molar-refractivity contribution in [2.24, 2.45) is 0 Å². The molecule has 1 aromatic heterocycles. The summed E-state index contributed by atoms with van der Waals surface area (Å²) in [6.07, 6.45) is 3.96. The molecule has 1 unspecified atom stereocenters. The average Bonchev–Trinajstić information content (AvgIpc) is 2.89. The molecule has 4 nitrogen and oxygen atoms in total. The van der Waals surface area contributed by atoms with Gasteiger partial charge in [-0.15, -0.1) is 0 Å². The predicted molar refractivity (Wildman–Crippen MR) is 71.6 cm³/mol. The summed E-state index contributed by atoms with van der Waals surface area (Å²) in [4.78, 5) is 10.3. The number of hydrogen-bond donors (Lipinski definition) is 1. The van der Waals surface area contributed by atoms with Crippen LogP contribution < -0.4 is 0 Å². The molecule has 1 aromatic carbocycles. The number of carbonyl (C=O) groups is 1. The maximum absolute atomic E-state index is 10.3. The van der Waals surface area contributed by atoms with Crippen LogP contribution in [0, 0.1) is 11.8 Å². The highest BCUT2D eigenvalue weighted by atomic mass is 16.5. The van der Waals surface area contributed by atoms with E-state index in [1.54, 1.807) is 0 Å². The van der Waals surface area contributed by atoms with Gasteiger partial charge in [0.1, 0.15) is 6.10 Å². The van der Waals surface area contributed by atoms with Gasteiger partial charge in [0.2, 0.25) is 0 Å². The lowest BCUT2D eigenvalue weighted by Crippen LogP contribution is -2.12. The molecule has 1 atom stereocenters. The molecule has 1 N–H and O–H groups in total. The van der Waals surface area contributed by atoms with E-state index in [1.807, 2.05) is 18.2 Å². The van der Waals surface area contributed by atoms with Crippen molar-refractivity contribution in [1.29, 1.82) is 0 Å². The van der Waals surface area contributed by atoms with Gasteiger partial charge >= 0.3 is 0 Å². The predicted octanol–water partition coefficient (Wildman–Crippen LogP) is 2.35. The van der Waals surface area contributed by atoms with Crippen LogP contribution in [0.2, 0.25) is 0 Å². The van der Waals surface area contributed by atoms with Crippen LogP contribution in [0.5, 0.6) is 0 Å². The second-order valence-corrected chi connectivity index (χ2v) is 4.61. The second kappa shape index (κ2) is 5.25. The number of nitrogens with zero attached hydrogens (tertiary/aromatic N) is 1. The fraction of sp³-hybridized carbons (Fsp3) is 0.333. The summed E-state index contributed by atoms with van der Waals surface area (Å²) in [6, 6.07) is 5.77. The molecule has 1 aliphatic rings. The third-order valence-electron chi connectivity index (χ3n) is 3.35. The summed E-state index contributed by atoms with van der Waals surface area (Å²) in [6.45, 7) is 0.795. The molecule has 1 saturated heterocycles. The number of fused-ring (bicyclic) bond motifs is 1. The highest BCUT2D eigenvalue weighted by Gasteiger charge is 2.21. The Morgan fingerprint density at radius 1 is 1.42 bits per heavy atom. The van der Waals surface area contributed by atoms with Crippen molar-refractivity contribution in [1.82, 2.24) is 10.2 Å². The Morgan fingerprint density at radius 3 is 3.16 bits per heavy atom. The SMILES string of the molecule is O=CC#Cc1ccc2[nH]nc(C3CCCCO3)c2c1. The number of aldehydes is 1. The first-order valence-electron chi connectivity index (χ1n) is 6.43. The van der Waals surface area contributed by atoms with Gasteiger partial charge in [-0.25, -0.2) is 0 Å². The minimum atomic E-state index is 0.0665. The van der Waals surface area contributed by atoms with Crippen LogP contribution in [0.15, 0.2) is 18.2 Å². The molecular formula is C15H14N2O2. The molecular weight excluding hydrogens is 240 g/mol. The van der Waals surface area contributed by atoms with Crippen LogP contribution in [0.3, 0.4) is 0 Å². The maximum atomic E-state index is 10.3. The van der Waals surface area contributed by atoms with Crippen molar-refractivity contribution in [3.05, 3.63) is 29.5 Å². The summed E-state index contributed by atoms with van der Waals surface area (Å²) in [5.74, 6) is 5.23. The van der Waals surface area contributed by atoms with Crippen molar-refractivity contribution >= 4 is 17.2 Å². The Kier molecular flexibility index (Phi) is 3.30. The van der Waals surface area contributed by atoms with Gasteiger partial charge in [-0.05, 0) is 43.4 Å². The van der Waals surface area contributed by atoms with Crippen LogP contribution >= 0.6 is 0 Å². The Hall–Kier alpha value is -2.12. The van der Waals surface area contributed by atoms with Crippen LogP contribution in [0.1, 0.15) is 36.6 Å². The number of aromatic amines is 1. The molecule has 0 radical (unpaired) electrons. The first-order valence-corrected chi connectivity index (χ1v) is 6.43. The van der Waals surface area contributed by atoms with Crippen molar-refractivity contribution in [3.63, 3.8) is 0 Å². The molecule has 4 heteroatoms. The van der Waals surface area contributed by atoms with Gasteiger partial charge in [0.05, 0.1) is 11.2 Å². The Labute approximate surface area is 111 Å². The van der Waals surface area contributed by atoms with Gasteiger partial charge < -0.3 is 4.74 Å². The quantitative estimate of drug-likeness (QED) is 0.628. The lowest BCUT2D eigenvalue weighted by atomic mass is 10.0. The van der Waals surface area contributed by atoms with Gasteiger partial charge in [-0.1, -0.05) is 5.92 Å². The zero-order valence-corrected chi connectivity index (χ0v) is 10.5. The zero-order valence-electron chi connectivity index (χ0n) is 10.5. The van der Waals surface area contributed by atoms with Crippen LogP contribution in [0.4, 0.5) is 0 Å². The number of hydrogen-bond acceptors (Lipinski definition) is 3. The molecule has 96 valence electrons. The molecule has 0 amide bonds. The van der Waals surface area contributed by atoms with Gasteiger partial charge in [-0.3, -0.25) is 9.89 Å². The Balaban J connectivity index is 2.02. The lowest BCUT2D eigenvalue weighted by Gasteiger charge is -2.21. The first-order chi connectivity index (χ1) is 9.38. The van der Waals surface area contributed by atoms with Gasteiger partial charge in [0.25, 0.3) is 0 Å².